The van der Waals surface area contributed by atoms with Gasteiger partial charge in [0.25, 0.3) is 0 Å². The van der Waals surface area contributed by atoms with Crippen molar-refractivity contribution in [1.82, 2.24) is 0 Å². The Kier molecular flexibility index (Phi) is 5.02. The Morgan fingerprint density at radius 3 is 1.42 bits per heavy atom. The Labute approximate surface area is 138 Å². The number of hydrogen-bond acceptors (Lipinski definition) is 1. The number of hydrogen-bond donors (Lipinski definition) is 2. The zero-order valence-electron chi connectivity index (χ0n) is 11.8. The number of nitrogens with one attached hydrogen (secondary N) is 2. The third-order valence-corrected chi connectivity index (χ3v) is 3.10. The lowest BCUT2D eigenvalue weighted by molar-refractivity contribution is -0.138. The molecular formula is C15H10F6N2S. The molecule has 0 atom stereocenters. The molecule has 0 aliphatic carbocycles. The topological polar surface area (TPSA) is 24.1 Å². The van der Waals surface area contributed by atoms with Crippen molar-refractivity contribution in [3.05, 3.63) is 59.7 Å². The van der Waals surface area contributed by atoms with Gasteiger partial charge in [-0.3, -0.25) is 0 Å². The molecule has 0 aliphatic rings. The molecule has 2 rings (SSSR count). The van der Waals surface area contributed by atoms with Gasteiger partial charge in [0, 0.05) is 11.4 Å². The Morgan fingerprint density at radius 2 is 1.08 bits per heavy atom. The zero-order valence-corrected chi connectivity index (χ0v) is 12.6. The van der Waals surface area contributed by atoms with Crippen molar-refractivity contribution < 1.29 is 26.3 Å². The van der Waals surface area contributed by atoms with Crippen LogP contribution in [0.5, 0.6) is 0 Å². The lowest BCUT2D eigenvalue weighted by atomic mass is 10.2. The first-order chi connectivity index (χ1) is 11.1. The van der Waals surface area contributed by atoms with Gasteiger partial charge in [-0.2, -0.15) is 26.3 Å². The van der Waals surface area contributed by atoms with E-state index in [9.17, 15) is 26.3 Å². The molecule has 2 nitrogen and oxygen atoms in total. The monoisotopic (exact) mass is 364 g/mol. The quantitative estimate of drug-likeness (QED) is 0.541. The fourth-order valence-electron chi connectivity index (χ4n) is 1.84. The van der Waals surface area contributed by atoms with Crippen LogP contribution in [0.3, 0.4) is 0 Å². The molecule has 0 amide bonds. The van der Waals surface area contributed by atoms with Gasteiger partial charge in [0.2, 0.25) is 0 Å². The van der Waals surface area contributed by atoms with Crippen LogP contribution in [0, 0.1) is 0 Å². The lowest BCUT2D eigenvalue weighted by Crippen LogP contribution is -2.20. The van der Waals surface area contributed by atoms with Crippen LogP contribution >= 0.6 is 12.2 Å². The summed E-state index contributed by atoms with van der Waals surface area (Å²) in [4.78, 5) is 0. The second kappa shape index (κ2) is 6.68. The smallest absolute Gasteiger partial charge is 0.332 e. The van der Waals surface area contributed by atoms with Gasteiger partial charge in [0.1, 0.15) is 0 Å². The van der Waals surface area contributed by atoms with Crippen LogP contribution in [0.15, 0.2) is 48.5 Å². The largest absolute Gasteiger partial charge is 0.416 e. The van der Waals surface area contributed by atoms with Crippen LogP contribution < -0.4 is 10.6 Å². The van der Waals surface area contributed by atoms with Gasteiger partial charge in [0.15, 0.2) is 5.11 Å². The van der Waals surface area contributed by atoms with Crippen molar-refractivity contribution in [1.29, 1.82) is 0 Å². The van der Waals surface area contributed by atoms with E-state index in [1.165, 1.54) is 24.3 Å². The van der Waals surface area contributed by atoms with E-state index < -0.39 is 23.5 Å². The number of rotatable bonds is 2. The van der Waals surface area contributed by atoms with Crippen molar-refractivity contribution in [2.24, 2.45) is 0 Å². The molecule has 0 saturated heterocycles. The molecule has 0 aliphatic heterocycles. The maximum atomic E-state index is 12.6. The first kappa shape index (κ1) is 18.1. The molecule has 9 heteroatoms. The van der Waals surface area contributed by atoms with Crippen LogP contribution in [0.1, 0.15) is 11.1 Å². The molecule has 0 saturated carbocycles. The van der Waals surface area contributed by atoms with Gasteiger partial charge < -0.3 is 10.6 Å². The van der Waals surface area contributed by atoms with Gasteiger partial charge in [-0.1, -0.05) is 12.1 Å². The van der Waals surface area contributed by atoms with Gasteiger partial charge in [-0.05, 0) is 48.6 Å². The van der Waals surface area contributed by atoms with E-state index in [4.69, 9.17) is 12.2 Å². The molecule has 24 heavy (non-hydrogen) atoms. The number of anilines is 2. The fourth-order valence-corrected chi connectivity index (χ4v) is 2.08. The van der Waals surface area contributed by atoms with Crippen molar-refractivity contribution in [2.45, 2.75) is 12.4 Å². The molecular weight excluding hydrogens is 354 g/mol. The third-order valence-electron chi connectivity index (χ3n) is 2.90. The Hall–Kier alpha value is -2.29. The van der Waals surface area contributed by atoms with E-state index >= 15 is 0 Å². The van der Waals surface area contributed by atoms with Gasteiger partial charge >= 0.3 is 12.4 Å². The van der Waals surface area contributed by atoms with Crippen LogP contribution in [-0.2, 0) is 12.4 Å². The van der Waals surface area contributed by atoms with Gasteiger partial charge in [-0.25, -0.2) is 0 Å². The van der Waals surface area contributed by atoms with E-state index in [1.807, 2.05) is 0 Å². The van der Waals surface area contributed by atoms with Crippen molar-refractivity contribution >= 4 is 28.7 Å². The predicted molar refractivity (Wildman–Crippen MR) is 82.7 cm³/mol. The summed E-state index contributed by atoms with van der Waals surface area (Å²) < 4.78 is 75.8. The summed E-state index contributed by atoms with van der Waals surface area (Å²) in [6, 6.07) is 8.59. The molecule has 0 spiro atoms. The van der Waals surface area contributed by atoms with E-state index in [0.29, 0.717) is 0 Å². The van der Waals surface area contributed by atoms with Crippen LogP contribution in [0.4, 0.5) is 37.7 Å². The zero-order chi connectivity index (χ0) is 18.0. The standard InChI is InChI=1S/C15H10F6N2S/c16-14(17,18)9-3-1-5-11(7-9)22-13(24)23-12-6-2-4-10(8-12)15(19,20)21/h1-8H,(H2,22,23,24). The van der Waals surface area contributed by atoms with E-state index in [1.54, 1.807) is 0 Å². The molecule has 0 heterocycles. The highest BCUT2D eigenvalue weighted by Crippen LogP contribution is 2.31. The van der Waals surface area contributed by atoms with Crippen LogP contribution in [0.25, 0.3) is 0 Å². The molecule has 0 fully saturated rings. The molecule has 0 unspecified atom stereocenters. The second-order valence-electron chi connectivity index (χ2n) is 4.74. The van der Waals surface area contributed by atoms with Crippen molar-refractivity contribution in [3.8, 4) is 0 Å². The number of halogens is 6. The summed E-state index contributed by atoms with van der Waals surface area (Å²) in [6.07, 6.45) is -9.01. The Bertz CT molecular complexity index is 678. The first-order valence-electron chi connectivity index (χ1n) is 6.48. The normalized spacial score (nSPS) is 11.9. The minimum Gasteiger partial charge on any atom is -0.332 e. The summed E-state index contributed by atoms with van der Waals surface area (Å²) in [6.45, 7) is 0. The summed E-state index contributed by atoms with van der Waals surface area (Å²) in [5, 5.41) is 4.87. The first-order valence-corrected chi connectivity index (χ1v) is 6.89. The Balaban J connectivity index is 2.09. The SMILES string of the molecule is FC(F)(F)c1cccc(NC(=S)Nc2cccc(C(F)(F)F)c2)c1. The maximum Gasteiger partial charge on any atom is 0.416 e. The molecule has 128 valence electrons. The van der Waals surface area contributed by atoms with Crippen LogP contribution in [-0.4, -0.2) is 5.11 Å². The highest BCUT2D eigenvalue weighted by Gasteiger charge is 2.31. The number of benzene rings is 2. The molecule has 0 bridgehead atoms. The second-order valence-corrected chi connectivity index (χ2v) is 5.14. The summed E-state index contributed by atoms with van der Waals surface area (Å²) in [7, 11) is 0. The van der Waals surface area contributed by atoms with E-state index in [2.05, 4.69) is 10.6 Å². The fraction of sp³-hybridized carbons (Fsp3) is 0.133. The lowest BCUT2D eigenvalue weighted by Gasteiger charge is -2.14. The molecule has 0 radical (unpaired) electrons. The van der Waals surface area contributed by atoms with E-state index in [-0.39, 0.29) is 16.5 Å². The third kappa shape index (κ3) is 4.85. The average molecular weight is 364 g/mol. The van der Waals surface area contributed by atoms with Crippen LogP contribution in [0.2, 0.25) is 0 Å². The van der Waals surface area contributed by atoms with E-state index in [0.717, 1.165) is 24.3 Å². The van der Waals surface area contributed by atoms with Gasteiger partial charge in [-0.15, -0.1) is 0 Å². The molecule has 0 aromatic heterocycles. The molecule has 2 N–H and O–H groups in total. The highest BCUT2D eigenvalue weighted by atomic mass is 32.1. The van der Waals surface area contributed by atoms with Crippen molar-refractivity contribution in [3.63, 3.8) is 0 Å². The number of alkyl halides is 6. The van der Waals surface area contributed by atoms with Gasteiger partial charge in [0.05, 0.1) is 11.1 Å². The Morgan fingerprint density at radius 1 is 0.708 bits per heavy atom. The summed E-state index contributed by atoms with van der Waals surface area (Å²) >= 11 is 4.91. The summed E-state index contributed by atoms with van der Waals surface area (Å²) in [5.74, 6) is 0. The predicted octanol–water partition coefficient (Wildman–Crippen LogP) is 5.53. The minimum atomic E-state index is -4.51. The average Bonchev–Trinajstić information content (AvgIpc) is 2.46. The summed E-state index contributed by atoms with van der Waals surface area (Å²) in [5.41, 5.74) is -1.60. The minimum absolute atomic E-state index is 0.0642. The maximum absolute atomic E-state index is 12.6. The molecule has 2 aromatic rings. The molecule has 2 aromatic carbocycles. The highest BCUT2D eigenvalue weighted by molar-refractivity contribution is 7.80. The van der Waals surface area contributed by atoms with Crippen molar-refractivity contribution in [2.75, 3.05) is 10.6 Å². The number of thiocarbonyl (C=S) groups is 1.